The van der Waals surface area contributed by atoms with Crippen LogP contribution in [0.4, 0.5) is 0 Å². The highest BCUT2D eigenvalue weighted by molar-refractivity contribution is 5.84. The molecule has 5 nitrogen and oxygen atoms in total. The number of pyridine rings is 1. The Morgan fingerprint density at radius 3 is 2.56 bits per heavy atom. The zero-order valence-electron chi connectivity index (χ0n) is 10.0. The quantitative estimate of drug-likeness (QED) is 0.867. The van der Waals surface area contributed by atoms with E-state index in [1.165, 1.54) is 12.1 Å². The van der Waals surface area contributed by atoms with Crippen molar-refractivity contribution >= 4 is 5.97 Å². The molecule has 0 aromatic carbocycles. The zero-order chi connectivity index (χ0) is 13.3. The fourth-order valence-electron chi connectivity index (χ4n) is 1.75. The summed E-state index contributed by atoms with van der Waals surface area (Å²) >= 11 is 0. The van der Waals surface area contributed by atoms with Gasteiger partial charge in [0.05, 0.1) is 0 Å². The minimum atomic E-state index is -1.16. The molecule has 2 aromatic rings. The van der Waals surface area contributed by atoms with Crippen LogP contribution in [0.1, 0.15) is 39.4 Å². The number of carbonyl (C=O) groups is 1. The van der Waals surface area contributed by atoms with Gasteiger partial charge in [0.15, 0.2) is 0 Å². The maximum absolute atomic E-state index is 10.7. The molecule has 0 saturated heterocycles. The number of aromatic nitrogens is 1. The third-order valence-corrected chi connectivity index (χ3v) is 2.67. The molecule has 2 rings (SSSR count). The average molecular weight is 247 g/mol. The topological polar surface area (TPSA) is 83.6 Å². The molecule has 0 fully saturated rings. The predicted octanol–water partition coefficient (Wildman–Crippen LogP) is 2.07. The first-order valence-electron chi connectivity index (χ1n) is 5.44. The standard InChI is InChI=1S/C13H13NO4/c1-7-3-4-9(8(2)14-7)12(15)10-5-6-11(18-10)13(16)17/h3-6,12,15H,1-2H3,(H,16,17). The first kappa shape index (κ1) is 12.3. The van der Waals surface area contributed by atoms with Gasteiger partial charge in [0.25, 0.3) is 0 Å². The molecule has 0 spiro atoms. The van der Waals surface area contributed by atoms with Gasteiger partial charge < -0.3 is 14.6 Å². The molecule has 0 aliphatic rings. The molecule has 1 atom stereocenters. The Kier molecular flexibility index (Phi) is 3.16. The highest BCUT2D eigenvalue weighted by Gasteiger charge is 2.19. The first-order chi connectivity index (χ1) is 8.49. The minimum Gasteiger partial charge on any atom is -0.475 e. The summed E-state index contributed by atoms with van der Waals surface area (Å²) in [5, 5.41) is 18.9. The number of hydrogen-bond acceptors (Lipinski definition) is 4. The highest BCUT2D eigenvalue weighted by atomic mass is 16.4. The molecule has 0 saturated carbocycles. The lowest BCUT2D eigenvalue weighted by molar-refractivity contribution is 0.0655. The van der Waals surface area contributed by atoms with Gasteiger partial charge in [-0.05, 0) is 32.0 Å². The lowest BCUT2D eigenvalue weighted by atomic mass is 10.1. The number of aliphatic hydroxyl groups is 1. The van der Waals surface area contributed by atoms with Gasteiger partial charge in [-0.15, -0.1) is 0 Å². The Morgan fingerprint density at radius 1 is 1.28 bits per heavy atom. The lowest BCUT2D eigenvalue weighted by Gasteiger charge is -2.11. The minimum absolute atomic E-state index is 0.193. The van der Waals surface area contributed by atoms with Crippen LogP contribution in [0.2, 0.25) is 0 Å². The number of rotatable bonds is 3. The van der Waals surface area contributed by atoms with E-state index in [-0.39, 0.29) is 11.5 Å². The van der Waals surface area contributed by atoms with Crippen LogP contribution in [0, 0.1) is 13.8 Å². The summed E-state index contributed by atoms with van der Waals surface area (Å²) in [4.78, 5) is 14.9. The second kappa shape index (κ2) is 4.62. The first-order valence-corrected chi connectivity index (χ1v) is 5.44. The molecule has 0 aliphatic heterocycles. The molecule has 5 heteroatoms. The van der Waals surface area contributed by atoms with Crippen LogP contribution in [0.5, 0.6) is 0 Å². The number of nitrogens with zero attached hydrogens (tertiary/aromatic N) is 1. The van der Waals surface area contributed by atoms with Gasteiger partial charge in [-0.25, -0.2) is 4.79 Å². The summed E-state index contributed by atoms with van der Waals surface area (Å²) in [5.41, 5.74) is 2.15. The van der Waals surface area contributed by atoms with Crippen molar-refractivity contribution in [2.45, 2.75) is 20.0 Å². The maximum Gasteiger partial charge on any atom is 0.371 e. The van der Waals surface area contributed by atoms with Crippen molar-refractivity contribution < 1.29 is 19.4 Å². The van der Waals surface area contributed by atoms with Gasteiger partial charge in [0, 0.05) is 17.0 Å². The molecule has 2 heterocycles. The summed E-state index contributed by atoms with van der Waals surface area (Å²) in [6, 6.07) is 6.31. The van der Waals surface area contributed by atoms with Crippen LogP contribution >= 0.6 is 0 Å². The largest absolute Gasteiger partial charge is 0.475 e. The molecule has 2 N–H and O–H groups in total. The summed E-state index contributed by atoms with van der Waals surface area (Å²) in [6.45, 7) is 3.64. The van der Waals surface area contributed by atoms with Crippen LogP contribution < -0.4 is 0 Å². The third kappa shape index (κ3) is 2.26. The van der Waals surface area contributed by atoms with Gasteiger partial charge in [-0.1, -0.05) is 6.07 Å². The molecule has 0 bridgehead atoms. The number of aryl methyl sites for hydroxylation is 2. The number of carboxylic acids is 1. The number of carboxylic acid groups (broad SMARTS) is 1. The number of furan rings is 1. The van der Waals surface area contributed by atoms with E-state index in [1.54, 1.807) is 19.1 Å². The van der Waals surface area contributed by atoms with Crippen LogP contribution in [-0.2, 0) is 0 Å². The number of aromatic carboxylic acids is 1. The second-order valence-electron chi connectivity index (χ2n) is 4.04. The monoisotopic (exact) mass is 247 g/mol. The molecule has 1 unspecified atom stereocenters. The smallest absolute Gasteiger partial charge is 0.371 e. The van der Waals surface area contributed by atoms with Crippen molar-refractivity contribution in [3.8, 4) is 0 Å². The maximum atomic E-state index is 10.7. The Hall–Kier alpha value is -2.14. The van der Waals surface area contributed by atoms with Crippen LogP contribution in [0.25, 0.3) is 0 Å². The van der Waals surface area contributed by atoms with Crippen molar-refractivity contribution in [3.05, 3.63) is 52.7 Å². The van der Waals surface area contributed by atoms with Gasteiger partial charge in [0.1, 0.15) is 11.9 Å². The Labute approximate surface area is 104 Å². The Morgan fingerprint density at radius 2 is 2.00 bits per heavy atom. The molecular weight excluding hydrogens is 234 g/mol. The van der Waals surface area contributed by atoms with E-state index in [0.29, 0.717) is 11.3 Å². The summed E-state index contributed by atoms with van der Waals surface area (Å²) in [5.74, 6) is -1.16. The van der Waals surface area contributed by atoms with Crippen molar-refractivity contribution in [2.75, 3.05) is 0 Å². The molecule has 2 aromatic heterocycles. The van der Waals surface area contributed by atoms with E-state index >= 15 is 0 Å². The number of aliphatic hydroxyl groups excluding tert-OH is 1. The molecule has 0 radical (unpaired) electrons. The molecular formula is C13H13NO4. The third-order valence-electron chi connectivity index (χ3n) is 2.67. The Bertz CT molecular complexity index is 588. The van der Waals surface area contributed by atoms with Crippen LogP contribution in [0.3, 0.4) is 0 Å². The summed E-state index contributed by atoms with van der Waals surface area (Å²) < 4.78 is 5.07. The average Bonchev–Trinajstić information content (AvgIpc) is 2.77. The van der Waals surface area contributed by atoms with Gasteiger partial charge in [0.2, 0.25) is 5.76 Å². The van der Waals surface area contributed by atoms with E-state index in [2.05, 4.69) is 4.98 Å². The SMILES string of the molecule is Cc1ccc(C(O)c2ccc(C(=O)O)o2)c(C)n1. The predicted molar refractivity (Wildman–Crippen MR) is 63.4 cm³/mol. The number of hydrogen-bond donors (Lipinski definition) is 2. The van der Waals surface area contributed by atoms with Gasteiger partial charge >= 0.3 is 5.97 Å². The normalized spacial score (nSPS) is 12.4. The van der Waals surface area contributed by atoms with Crippen molar-refractivity contribution in [3.63, 3.8) is 0 Å². The summed E-state index contributed by atoms with van der Waals surface area (Å²) in [6.07, 6.45) is -1.01. The van der Waals surface area contributed by atoms with E-state index in [4.69, 9.17) is 9.52 Å². The molecule has 18 heavy (non-hydrogen) atoms. The van der Waals surface area contributed by atoms with Crippen LogP contribution in [0.15, 0.2) is 28.7 Å². The van der Waals surface area contributed by atoms with Gasteiger partial charge in [-0.2, -0.15) is 0 Å². The van der Waals surface area contributed by atoms with Crippen molar-refractivity contribution in [1.82, 2.24) is 4.98 Å². The van der Waals surface area contributed by atoms with E-state index in [0.717, 1.165) is 5.69 Å². The highest BCUT2D eigenvalue weighted by Crippen LogP contribution is 2.25. The second-order valence-corrected chi connectivity index (χ2v) is 4.04. The van der Waals surface area contributed by atoms with E-state index < -0.39 is 12.1 Å². The molecule has 94 valence electrons. The van der Waals surface area contributed by atoms with Crippen molar-refractivity contribution in [2.24, 2.45) is 0 Å². The van der Waals surface area contributed by atoms with Gasteiger partial charge in [-0.3, -0.25) is 4.98 Å². The van der Waals surface area contributed by atoms with Crippen molar-refractivity contribution in [1.29, 1.82) is 0 Å². The van der Waals surface area contributed by atoms with Crippen LogP contribution in [-0.4, -0.2) is 21.2 Å². The molecule has 0 aliphatic carbocycles. The molecule has 0 amide bonds. The fraction of sp³-hybridized carbons (Fsp3) is 0.231. The van der Waals surface area contributed by atoms with E-state index in [1.807, 2.05) is 6.92 Å². The zero-order valence-corrected chi connectivity index (χ0v) is 10.0. The van der Waals surface area contributed by atoms with E-state index in [9.17, 15) is 9.90 Å². The fourth-order valence-corrected chi connectivity index (χ4v) is 1.75. The lowest BCUT2D eigenvalue weighted by Crippen LogP contribution is -2.03. The Balaban J connectivity index is 2.35. The summed E-state index contributed by atoms with van der Waals surface area (Å²) in [7, 11) is 0.